The molecule has 0 radical (unpaired) electrons. The Balaban J connectivity index is 5.01. The fourth-order valence-corrected chi connectivity index (χ4v) is 8.76. The van der Waals surface area contributed by atoms with Gasteiger partial charge < -0.3 is 22.4 Å². The topological polar surface area (TPSA) is 46.2 Å². The van der Waals surface area contributed by atoms with Crippen LogP contribution in [0.2, 0.25) is 26.2 Å². The van der Waals surface area contributed by atoms with E-state index in [9.17, 15) is 0 Å². The van der Waals surface area contributed by atoms with Crippen LogP contribution in [-0.4, -0.2) is 57.4 Å². The molecule has 0 fully saturated rings. The highest BCUT2D eigenvalue weighted by atomic mass is 28.2. The average molecular weight is 595 g/mol. The SMILES string of the molecule is CCCCCCCCCCCCOC(CCCCCCCCCC)(O[SiH2]C)C(O[SiH2]C)(O[SiH2]C)O[SiH2]C. The van der Waals surface area contributed by atoms with Gasteiger partial charge in [0.25, 0.3) is 0 Å². The molecule has 0 spiro atoms. The Labute approximate surface area is 241 Å². The maximum Gasteiger partial charge on any atom is 0.309 e. The molecular weight excluding hydrogens is 529 g/mol. The van der Waals surface area contributed by atoms with Crippen LogP contribution < -0.4 is 0 Å². The molecule has 0 aliphatic carbocycles. The minimum atomic E-state index is -1.13. The first-order valence-electron chi connectivity index (χ1n) is 16.3. The molecule has 0 saturated heterocycles. The first kappa shape index (κ1) is 37.7. The van der Waals surface area contributed by atoms with Crippen LogP contribution in [0.1, 0.15) is 136 Å². The van der Waals surface area contributed by atoms with Gasteiger partial charge in [0.1, 0.15) is 0 Å². The van der Waals surface area contributed by atoms with Crippen molar-refractivity contribution in [3.63, 3.8) is 0 Å². The van der Waals surface area contributed by atoms with Crippen molar-refractivity contribution < 1.29 is 22.4 Å². The number of hydrogen-bond acceptors (Lipinski definition) is 5. The van der Waals surface area contributed by atoms with Gasteiger partial charge in [-0.2, -0.15) is 0 Å². The molecule has 0 bridgehead atoms. The molecule has 0 saturated carbocycles. The molecule has 9 heteroatoms. The quantitative estimate of drug-likeness (QED) is 0.0547. The monoisotopic (exact) mass is 594 g/mol. The van der Waals surface area contributed by atoms with Crippen LogP contribution in [-0.2, 0) is 22.4 Å². The zero-order valence-electron chi connectivity index (χ0n) is 26.0. The molecule has 5 nitrogen and oxygen atoms in total. The molecule has 0 aliphatic heterocycles. The van der Waals surface area contributed by atoms with Crippen molar-refractivity contribution in [2.45, 2.75) is 174 Å². The minimum absolute atomic E-state index is 0.696. The van der Waals surface area contributed by atoms with Crippen LogP contribution in [0, 0.1) is 0 Å². The highest BCUT2D eigenvalue weighted by molar-refractivity contribution is 6.28. The first-order chi connectivity index (χ1) is 18.1. The third kappa shape index (κ3) is 17.2. The molecule has 0 aromatic heterocycles. The third-order valence-electron chi connectivity index (χ3n) is 7.04. The van der Waals surface area contributed by atoms with E-state index < -0.39 is 50.8 Å². The van der Waals surface area contributed by atoms with Crippen LogP contribution in [0.4, 0.5) is 0 Å². The second-order valence-corrected chi connectivity index (χ2v) is 13.8. The predicted octanol–water partition coefficient (Wildman–Crippen LogP) is 6.40. The zero-order valence-corrected chi connectivity index (χ0v) is 31.7. The number of hydrogen-bond donors (Lipinski definition) is 0. The predicted molar refractivity (Wildman–Crippen MR) is 172 cm³/mol. The van der Waals surface area contributed by atoms with Crippen molar-refractivity contribution in [1.29, 1.82) is 0 Å². The molecule has 37 heavy (non-hydrogen) atoms. The van der Waals surface area contributed by atoms with Crippen LogP contribution in [0.25, 0.3) is 0 Å². The lowest BCUT2D eigenvalue weighted by Crippen LogP contribution is -2.64. The fourth-order valence-electron chi connectivity index (χ4n) is 5.09. The van der Waals surface area contributed by atoms with Gasteiger partial charge in [-0.15, -0.1) is 0 Å². The maximum absolute atomic E-state index is 6.73. The van der Waals surface area contributed by atoms with Gasteiger partial charge in [0.2, 0.25) is 5.79 Å². The molecule has 0 N–H and O–H groups in total. The molecule has 1 unspecified atom stereocenters. The van der Waals surface area contributed by atoms with E-state index in [1.54, 1.807) is 0 Å². The Hall–Kier alpha value is 0.668. The summed E-state index contributed by atoms with van der Waals surface area (Å²) in [5, 5.41) is 0. The zero-order chi connectivity index (χ0) is 27.5. The van der Waals surface area contributed by atoms with Crippen LogP contribution in [0.15, 0.2) is 0 Å². The summed E-state index contributed by atoms with van der Waals surface area (Å²) >= 11 is 0. The summed E-state index contributed by atoms with van der Waals surface area (Å²) in [6, 6.07) is 0. The van der Waals surface area contributed by atoms with E-state index in [2.05, 4.69) is 40.0 Å². The van der Waals surface area contributed by atoms with E-state index in [1.807, 2.05) is 0 Å². The Bertz CT molecular complexity index is 459. The van der Waals surface area contributed by atoms with Gasteiger partial charge in [-0.05, 0) is 12.8 Å². The molecule has 0 aromatic carbocycles. The summed E-state index contributed by atoms with van der Waals surface area (Å²) in [4.78, 5) is 0. The van der Waals surface area contributed by atoms with E-state index in [0.29, 0.717) is 6.61 Å². The van der Waals surface area contributed by atoms with Gasteiger partial charge in [-0.25, -0.2) is 0 Å². The van der Waals surface area contributed by atoms with E-state index in [4.69, 9.17) is 22.4 Å². The standard InChI is InChI=1S/C28H66O5Si4/c1-7-9-11-13-15-17-18-20-22-24-26-29-27(30-34-3,25-23-21-19-16-14-12-10-8-2)28(31-35-4,32-36-5)33-37-6/h7-26,34-37H2,1-6H3. The van der Waals surface area contributed by atoms with Crippen molar-refractivity contribution in [2.24, 2.45) is 0 Å². The van der Waals surface area contributed by atoms with Crippen molar-refractivity contribution in [2.75, 3.05) is 6.61 Å². The van der Waals surface area contributed by atoms with Gasteiger partial charge in [0.15, 0.2) is 39.1 Å². The molecule has 0 aliphatic rings. The lowest BCUT2D eigenvalue weighted by atomic mass is 10.0. The maximum atomic E-state index is 6.73. The summed E-state index contributed by atoms with van der Waals surface area (Å²) in [6.07, 6.45) is 24.3. The second-order valence-electron chi connectivity index (χ2n) is 10.3. The number of unbranched alkanes of at least 4 members (excludes halogenated alkanes) is 16. The molecular formula is C28H66O5Si4. The van der Waals surface area contributed by atoms with Crippen molar-refractivity contribution in [3.8, 4) is 0 Å². The molecule has 0 heterocycles. The second kappa shape index (κ2) is 26.9. The van der Waals surface area contributed by atoms with Gasteiger partial charge in [-0.3, -0.25) is 0 Å². The molecule has 224 valence electrons. The molecule has 1 atom stereocenters. The minimum Gasteiger partial charge on any atom is -0.392 e. The Morgan fingerprint density at radius 3 is 1.16 bits per heavy atom. The van der Waals surface area contributed by atoms with Gasteiger partial charge in [0, 0.05) is 6.42 Å². The first-order valence-corrected chi connectivity index (χ1v) is 24.3. The van der Waals surface area contributed by atoms with Crippen molar-refractivity contribution in [1.82, 2.24) is 0 Å². The average Bonchev–Trinajstić information content (AvgIpc) is 2.89. The summed E-state index contributed by atoms with van der Waals surface area (Å²) in [5.74, 6) is -2.02. The van der Waals surface area contributed by atoms with Gasteiger partial charge >= 0.3 is 5.97 Å². The van der Waals surface area contributed by atoms with E-state index in [0.717, 1.165) is 19.3 Å². The van der Waals surface area contributed by atoms with Gasteiger partial charge in [0.05, 0.1) is 6.61 Å². The summed E-state index contributed by atoms with van der Waals surface area (Å²) in [6.45, 7) is 13.9. The normalized spacial score (nSPS) is 16.4. The van der Waals surface area contributed by atoms with Gasteiger partial charge in [-0.1, -0.05) is 143 Å². The van der Waals surface area contributed by atoms with Crippen LogP contribution in [0.3, 0.4) is 0 Å². The lowest BCUT2D eigenvalue weighted by Gasteiger charge is -2.48. The van der Waals surface area contributed by atoms with E-state index >= 15 is 0 Å². The third-order valence-corrected chi connectivity index (χ3v) is 9.80. The molecule has 0 rings (SSSR count). The van der Waals surface area contributed by atoms with Crippen LogP contribution >= 0.6 is 0 Å². The highest BCUT2D eigenvalue weighted by Gasteiger charge is 2.56. The smallest absolute Gasteiger partial charge is 0.309 e. The van der Waals surface area contributed by atoms with E-state index in [1.165, 1.54) is 103 Å². The van der Waals surface area contributed by atoms with E-state index in [-0.39, 0.29) is 0 Å². The largest absolute Gasteiger partial charge is 0.392 e. The molecule has 0 amide bonds. The van der Waals surface area contributed by atoms with Crippen molar-refractivity contribution >= 4 is 39.1 Å². The Morgan fingerprint density at radius 1 is 0.432 bits per heavy atom. The van der Waals surface area contributed by atoms with Crippen LogP contribution in [0.5, 0.6) is 0 Å². The number of rotatable bonds is 30. The Morgan fingerprint density at radius 2 is 0.784 bits per heavy atom. The van der Waals surface area contributed by atoms with Crippen molar-refractivity contribution in [3.05, 3.63) is 0 Å². The summed E-state index contributed by atoms with van der Waals surface area (Å²) in [5.41, 5.74) is 0. The molecule has 0 aromatic rings. The summed E-state index contributed by atoms with van der Waals surface area (Å²) in [7, 11) is -3.07. The Kier molecular flexibility index (Phi) is 27.4. The highest BCUT2D eigenvalue weighted by Crippen LogP contribution is 2.38. The fraction of sp³-hybridized carbons (Fsp3) is 1.00. The number of ether oxygens (including phenoxy) is 1. The lowest BCUT2D eigenvalue weighted by molar-refractivity contribution is -0.415. The summed E-state index contributed by atoms with van der Waals surface area (Å²) < 4.78 is 32.7.